The highest BCUT2D eigenvalue weighted by molar-refractivity contribution is 7.09. The van der Waals surface area contributed by atoms with Crippen LogP contribution in [0.1, 0.15) is 15.5 Å². The lowest BCUT2D eigenvalue weighted by atomic mass is 10.1. The van der Waals surface area contributed by atoms with Crippen molar-refractivity contribution in [2.24, 2.45) is 0 Å². The number of thiazole rings is 1. The fourth-order valence-electron chi connectivity index (χ4n) is 2.57. The van der Waals surface area contributed by atoms with Crippen molar-refractivity contribution in [2.75, 3.05) is 13.6 Å². The fourth-order valence-corrected chi connectivity index (χ4v) is 3.24. The first kappa shape index (κ1) is 17.3. The Morgan fingerprint density at radius 1 is 1.11 bits per heavy atom. The molecule has 0 fully saturated rings. The molecular weight excluding hydrogens is 370 g/mol. The zero-order valence-electron chi connectivity index (χ0n) is 14.1. The van der Waals surface area contributed by atoms with Crippen LogP contribution in [0.15, 0.2) is 47.8 Å². The number of ether oxygens (including phenoxy) is 4. The highest BCUT2D eigenvalue weighted by Gasteiger charge is 2.14. The number of esters is 1. The van der Waals surface area contributed by atoms with Gasteiger partial charge in [0, 0.05) is 5.38 Å². The number of benzene rings is 2. The van der Waals surface area contributed by atoms with Crippen molar-refractivity contribution >= 4 is 17.3 Å². The number of fused-ring (bicyclic) bond motifs is 1. The SMILES string of the molecule is O=C(OCO)c1csc(COc2ccc(-c3ccc4c(c3)OCO4)cc2)n1. The molecule has 0 unspecified atom stereocenters. The molecule has 0 atom stereocenters. The predicted molar refractivity (Wildman–Crippen MR) is 96.9 cm³/mol. The van der Waals surface area contributed by atoms with E-state index in [-0.39, 0.29) is 19.1 Å². The maximum absolute atomic E-state index is 11.5. The zero-order chi connectivity index (χ0) is 18.6. The Morgan fingerprint density at radius 2 is 1.89 bits per heavy atom. The van der Waals surface area contributed by atoms with Gasteiger partial charge in [-0.25, -0.2) is 9.78 Å². The number of carbonyl (C=O) groups is 1. The van der Waals surface area contributed by atoms with Gasteiger partial charge in [-0.05, 0) is 35.4 Å². The van der Waals surface area contributed by atoms with E-state index in [1.54, 1.807) is 5.38 Å². The first-order chi connectivity index (χ1) is 13.2. The Bertz CT molecular complexity index is 953. The summed E-state index contributed by atoms with van der Waals surface area (Å²) >= 11 is 1.29. The summed E-state index contributed by atoms with van der Waals surface area (Å²) in [5.41, 5.74) is 2.22. The monoisotopic (exact) mass is 385 g/mol. The van der Waals surface area contributed by atoms with Gasteiger partial charge in [-0.2, -0.15) is 0 Å². The van der Waals surface area contributed by atoms with Crippen molar-refractivity contribution < 1.29 is 28.8 Å². The quantitative estimate of drug-likeness (QED) is 0.515. The molecule has 138 valence electrons. The van der Waals surface area contributed by atoms with E-state index < -0.39 is 12.8 Å². The van der Waals surface area contributed by atoms with Gasteiger partial charge >= 0.3 is 5.97 Å². The van der Waals surface area contributed by atoms with Gasteiger partial charge in [0.05, 0.1) is 0 Å². The molecule has 8 heteroatoms. The van der Waals surface area contributed by atoms with Crippen LogP contribution in [0, 0.1) is 0 Å². The minimum Gasteiger partial charge on any atom is -0.486 e. The van der Waals surface area contributed by atoms with Crippen LogP contribution in [-0.4, -0.2) is 29.6 Å². The highest BCUT2D eigenvalue weighted by atomic mass is 32.1. The van der Waals surface area contributed by atoms with E-state index in [1.807, 2.05) is 42.5 Å². The van der Waals surface area contributed by atoms with Crippen LogP contribution in [-0.2, 0) is 11.3 Å². The lowest BCUT2D eigenvalue weighted by Gasteiger charge is -2.07. The number of aromatic nitrogens is 1. The number of nitrogens with zero attached hydrogens (tertiary/aromatic N) is 1. The first-order valence-electron chi connectivity index (χ1n) is 8.08. The number of aliphatic hydroxyl groups excluding tert-OH is 1. The zero-order valence-corrected chi connectivity index (χ0v) is 14.9. The van der Waals surface area contributed by atoms with Crippen LogP contribution in [0.4, 0.5) is 0 Å². The predicted octanol–water partition coefficient (Wildman–Crippen LogP) is 3.22. The molecule has 0 spiro atoms. The second kappa shape index (κ2) is 7.65. The molecule has 0 radical (unpaired) electrons. The smallest absolute Gasteiger partial charge is 0.359 e. The van der Waals surface area contributed by atoms with Gasteiger partial charge in [-0.15, -0.1) is 11.3 Å². The van der Waals surface area contributed by atoms with E-state index >= 15 is 0 Å². The van der Waals surface area contributed by atoms with Crippen molar-refractivity contribution in [2.45, 2.75) is 6.61 Å². The molecule has 4 rings (SSSR count). The summed E-state index contributed by atoms with van der Waals surface area (Å²) in [4.78, 5) is 15.6. The number of carbonyl (C=O) groups excluding carboxylic acids is 1. The van der Waals surface area contributed by atoms with Crippen LogP contribution in [0.5, 0.6) is 17.2 Å². The van der Waals surface area contributed by atoms with Gasteiger partial charge < -0.3 is 24.1 Å². The van der Waals surface area contributed by atoms with Crippen molar-refractivity contribution in [1.29, 1.82) is 0 Å². The maximum atomic E-state index is 11.5. The van der Waals surface area contributed by atoms with E-state index in [2.05, 4.69) is 9.72 Å². The van der Waals surface area contributed by atoms with Crippen LogP contribution in [0.2, 0.25) is 0 Å². The number of rotatable bonds is 6. The molecule has 3 aromatic rings. The van der Waals surface area contributed by atoms with Gasteiger partial charge in [-0.1, -0.05) is 18.2 Å². The molecule has 1 N–H and O–H groups in total. The molecule has 0 amide bonds. The summed E-state index contributed by atoms with van der Waals surface area (Å²) in [7, 11) is 0. The molecule has 1 aromatic heterocycles. The van der Waals surface area contributed by atoms with Gasteiger partial charge in [0.2, 0.25) is 6.79 Å². The van der Waals surface area contributed by atoms with Crippen LogP contribution >= 0.6 is 11.3 Å². The molecule has 1 aliphatic heterocycles. The van der Waals surface area contributed by atoms with E-state index in [1.165, 1.54) is 11.3 Å². The molecule has 0 saturated heterocycles. The van der Waals surface area contributed by atoms with Crippen molar-refractivity contribution in [3.05, 3.63) is 58.5 Å². The Kier molecular flexibility index (Phi) is 4.91. The van der Waals surface area contributed by atoms with Crippen LogP contribution < -0.4 is 14.2 Å². The highest BCUT2D eigenvalue weighted by Crippen LogP contribution is 2.36. The summed E-state index contributed by atoms with van der Waals surface area (Å²) in [6.07, 6.45) is 0. The molecule has 0 aliphatic carbocycles. The molecule has 27 heavy (non-hydrogen) atoms. The first-order valence-corrected chi connectivity index (χ1v) is 8.96. The van der Waals surface area contributed by atoms with Crippen LogP contribution in [0.3, 0.4) is 0 Å². The third-order valence-electron chi connectivity index (χ3n) is 3.88. The topological polar surface area (TPSA) is 87.1 Å². The molecule has 0 saturated carbocycles. The van der Waals surface area contributed by atoms with Crippen molar-refractivity contribution in [1.82, 2.24) is 4.98 Å². The maximum Gasteiger partial charge on any atom is 0.359 e. The number of hydrogen-bond acceptors (Lipinski definition) is 8. The summed E-state index contributed by atoms with van der Waals surface area (Å²) in [6, 6.07) is 13.5. The number of aliphatic hydroxyl groups is 1. The minimum atomic E-state index is -0.669. The summed E-state index contributed by atoms with van der Waals surface area (Å²) in [5, 5.41) is 10.8. The van der Waals surface area contributed by atoms with Crippen molar-refractivity contribution in [3.8, 4) is 28.4 Å². The molecule has 2 aromatic carbocycles. The Hall–Kier alpha value is -3.10. The standard InChI is InChI=1S/C19H15NO6S/c21-10-24-19(22)15-9-27-18(20-15)8-23-14-4-1-12(2-5-14)13-3-6-16-17(7-13)26-11-25-16/h1-7,9,21H,8,10-11H2. The van der Waals surface area contributed by atoms with Gasteiger partial charge in [0.15, 0.2) is 24.0 Å². The Balaban J connectivity index is 1.39. The Labute approximate surface area is 158 Å². The number of hydrogen-bond donors (Lipinski definition) is 1. The average molecular weight is 385 g/mol. The van der Waals surface area contributed by atoms with Gasteiger partial charge in [0.1, 0.15) is 17.4 Å². The van der Waals surface area contributed by atoms with Gasteiger partial charge in [-0.3, -0.25) is 0 Å². The Morgan fingerprint density at radius 3 is 2.70 bits per heavy atom. The van der Waals surface area contributed by atoms with E-state index in [9.17, 15) is 4.79 Å². The fraction of sp³-hybridized carbons (Fsp3) is 0.158. The average Bonchev–Trinajstić information content (AvgIpc) is 3.36. The van der Waals surface area contributed by atoms with E-state index in [0.717, 1.165) is 22.6 Å². The summed E-state index contributed by atoms with van der Waals surface area (Å²) in [5.74, 6) is 1.53. The lowest BCUT2D eigenvalue weighted by molar-refractivity contribution is 0.00628. The second-order valence-electron chi connectivity index (χ2n) is 5.57. The molecular formula is C19H15NO6S. The van der Waals surface area contributed by atoms with Crippen molar-refractivity contribution in [3.63, 3.8) is 0 Å². The van der Waals surface area contributed by atoms with E-state index in [0.29, 0.717) is 10.8 Å². The molecule has 2 heterocycles. The van der Waals surface area contributed by atoms with E-state index in [4.69, 9.17) is 19.3 Å². The molecule has 7 nitrogen and oxygen atoms in total. The summed E-state index contributed by atoms with van der Waals surface area (Å²) in [6.45, 7) is -0.180. The third-order valence-corrected chi connectivity index (χ3v) is 4.70. The third kappa shape index (κ3) is 3.86. The normalized spacial score (nSPS) is 12.0. The second-order valence-corrected chi connectivity index (χ2v) is 6.51. The molecule has 0 bridgehead atoms. The minimum absolute atomic E-state index is 0.158. The largest absolute Gasteiger partial charge is 0.486 e. The lowest BCUT2D eigenvalue weighted by Crippen LogP contribution is -2.06. The molecule has 1 aliphatic rings. The summed E-state index contributed by atoms with van der Waals surface area (Å²) < 4.78 is 20.9. The van der Waals surface area contributed by atoms with Gasteiger partial charge in [0.25, 0.3) is 0 Å². The van der Waals surface area contributed by atoms with Crippen LogP contribution in [0.25, 0.3) is 11.1 Å².